The molecule has 2 rings (SSSR count). The molecule has 98 valence electrons. The summed E-state index contributed by atoms with van der Waals surface area (Å²) in [5, 5.41) is 0. The monoisotopic (exact) mass is 314 g/mol. The van der Waals surface area contributed by atoms with Crippen molar-refractivity contribution >= 4 is 27.5 Å². The minimum Gasteiger partial charge on any atom is -0.396 e. The van der Waals surface area contributed by atoms with Crippen LogP contribution in [-0.4, -0.2) is 22.9 Å². The Morgan fingerprint density at radius 1 is 1.50 bits per heavy atom. The molecule has 0 aromatic heterocycles. The quantitative estimate of drug-likeness (QED) is 0.809. The maximum atomic E-state index is 13.3. The van der Waals surface area contributed by atoms with Gasteiger partial charge in [0, 0.05) is 16.6 Å². The Labute approximate surface area is 114 Å². The average molecular weight is 315 g/mol. The first-order valence-electron chi connectivity index (χ1n) is 5.89. The van der Waals surface area contributed by atoms with Crippen LogP contribution in [0.15, 0.2) is 16.6 Å². The summed E-state index contributed by atoms with van der Waals surface area (Å²) in [7, 11) is 0. The molecule has 0 saturated carbocycles. The van der Waals surface area contributed by atoms with Crippen LogP contribution < -0.4 is 5.73 Å². The molecule has 1 fully saturated rings. The number of anilines is 1. The summed E-state index contributed by atoms with van der Waals surface area (Å²) >= 11 is 3.22. The van der Waals surface area contributed by atoms with Gasteiger partial charge in [-0.2, -0.15) is 0 Å². The lowest BCUT2D eigenvalue weighted by Gasteiger charge is -2.32. The zero-order chi connectivity index (χ0) is 13.5. The minimum atomic E-state index is -0.515. The summed E-state index contributed by atoms with van der Waals surface area (Å²) in [5.74, 6) is -0.616. The topological polar surface area (TPSA) is 46.3 Å². The third kappa shape index (κ3) is 2.23. The minimum absolute atomic E-state index is 0.00134. The second-order valence-corrected chi connectivity index (χ2v) is 6.08. The van der Waals surface area contributed by atoms with Gasteiger partial charge < -0.3 is 10.6 Å². The molecule has 0 aliphatic carbocycles. The van der Waals surface area contributed by atoms with Crippen molar-refractivity contribution in [1.82, 2.24) is 4.90 Å². The highest BCUT2D eigenvalue weighted by atomic mass is 79.9. The van der Waals surface area contributed by atoms with E-state index in [1.165, 1.54) is 12.1 Å². The highest BCUT2D eigenvalue weighted by Crippen LogP contribution is 2.32. The average Bonchev–Trinajstić information content (AvgIpc) is 2.62. The van der Waals surface area contributed by atoms with E-state index in [4.69, 9.17) is 5.73 Å². The molecule has 0 spiro atoms. The standard InChI is InChI=1S/C13H16BrFN2O/c1-13(2)4-3-5-17(13)12(18)8-6-11(16)10(15)7-9(8)14/h6-7H,3-5,16H2,1-2H3. The smallest absolute Gasteiger partial charge is 0.255 e. The van der Waals surface area contributed by atoms with E-state index in [2.05, 4.69) is 15.9 Å². The molecule has 0 unspecified atom stereocenters. The maximum absolute atomic E-state index is 13.3. The van der Waals surface area contributed by atoms with Crippen LogP contribution in [0.3, 0.4) is 0 Å². The largest absolute Gasteiger partial charge is 0.396 e. The van der Waals surface area contributed by atoms with E-state index in [0.717, 1.165) is 19.4 Å². The second kappa shape index (κ2) is 4.53. The van der Waals surface area contributed by atoms with Crippen molar-refractivity contribution in [3.63, 3.8) is 0 Å². The number of amides is 1. The number of nitrogen functional groups attached to an aromatic ring is 1. The van der Waals surface area contributed by atoms with Crippen molar-refractivity contribution < 1.29 is 9.18 Å². The molecule has 1 aromatic rings. The Morgan fingerprint density at radius 2 is 2.17 bits per heavy atom. The number of halogens is 2. The number of nitrogens with two attached hydrogens (primary N) is 1. The lowest BCUT2D eigenvalue weighted by atomic mass is 10.0. The number of rotatable bonds is 1. The van der Waals surface area contributed by atoms with Gasteiger partial charge in [0.25, 0.3) is 5.91 Å². The van der Waals surface area contributed by atoms with Crippen LogP contribution in [-0.2, 0) is 0 Å². The van der Waals surface area contributed by atoms with Crippen LogP contribution in [0, 0.1) is 5.82 Å². The SMILES string of the molecule is CC1(C)CCCN1C(=O)c1cc(N)c(F)cc1Br. The van der Waals surface area contributed by atoms with Gasteiger partial charge in [0.15, 0.2) is 0 Å². The van der Waals surface area contributed by atoms with Gasteiger partial charge in [0.2, 0.25) is 0 Å². The molecule has 3 nitrogen and oxygen atoms in total. The number of likely N-dealkylation sites (tertiary alicyclic amines) is 1. The van der Waals surface area contributed by atoms with E-state index in [1.807, 2.05) is 18.7 Å². The van der Waals surface area contributed by atoms with Crippen molar-refractivity contribution in [2.45, 2.75) is 32.2 Å². The van der Waals surface area contributed by atoms with E-state index in [-0.39, 0.29) is 17.1 Å². The third-order valence-corrected chi connectivity index (χ3v) is 4.12. The molecule has 1 aliphatic heterocycles. The number of carbonyl (C=O) groups excluding carboxylic acids is 1. The normalized spacial score (nSPS) is 18.1. The lowest BCUT2D eigenvalue weighted by molar-refractivity contribution is 0.0651. The van der Waals surface area contributed by atoms with Gasteiger partial charge in [0.05, 0.1) is 11.3 Å². The number of carbonyl (C=O) groups is 1. The maximum Gasteiger partial charge on any atom is 0.255 e. The molecule has 1 aromatic carbocycles. The predicted molar refractivity (Wildman–Crippen MR) is 72.9 cm³/mol. The molecule has 0 radical (unpaired) electrons. The van der Waals surface area contributed by atoms with E-state index < -0.39 is 5.82 Å². The number of hydrogen-bond acceptors (Lipinski definition) is 2. The molecule has 1 amide bonds. The van der Waals surface area contributed by atoms with Gasteiger partial charge >= 0.3 is 0 Å². The summed E-state index contributed by atoms with van der Waals surface area (Å²) in [6.07, 6.45) is 1.97. The van der Waals surface area contributed by atoms with Gasteiger partial charge in [-0.05, 0) is 54.8 Å². The molecule has 1 aliphatic rings. The zero-order valence-electron chi connectivity index (χ0n) is 10.5. The lowest BCUT2D eigenvalue weighted by Crippen LogP contribution is -2.42. The fourth-order valence-electron chi connectivity index (χ4n) is 2.36. The van der Waals surface area contributed by atoms with E-state index in [9.17, 15) is 9.18 Å². The first kappa shape index (κ1) is 13.3. The van der Waals surface area contributed by atoms with Crippen LogP contribution in [0.1, 0.15) is 37.0 Å². The molecule has 1 heterocycles. The highest BCUT2D eigenvalue weighted by Gasteiger charge is 2.36. The van der Waals surface area contributed by atoms with E-state index in [1.54, 1.807) is 0 Å². The van der Waals surface area contributed by atoms with Gasteiger partial charge in [0.1, 0.15) is 5.82 Å². The van der Waals surface area contributed by atoms with Crippen molar-refractivity contribution in [2.24, 2.45) is 0 Å². The van der Waals surface area contributed by atoms with Gasteiger partial charge in [-0.25, -0.2) is 4.39 Å². The fraction of sp³-hybridized carbons (Fsp3) is 0.462. The summed E-state index contributed by atoms with van der Waals surface area (Å²) in [6, 6.07) is 2.64. The Hall–Kier alpha value is -1.10. The summed E-state index contributed by atoms with van der Waals surface area (Å²) in [6.45, 7) is 4.81. The number of nitrogens with zero attached hydrogens (tertiary/aromatic N) is 1. The van der Waals surface area contributed by atoms with Crippen molar-refractivity contribution in [3.8, 4) is 0 Å². The van der Waals surface area contributed by atoms with Crippen LogP contribution in [0.4, 0.5) is 10.1 Å². The molecular formula is C13H16BrFN2O. The highest BCUT2D eigenvalue weighted by molar-refractivity contribution is 9.10. The first-order chi connectivity index (χ1) is 8.33. The van der Waals surface area contributed by atoms with Crippen molar-refractivity contribution in [1.29, 1.82) is 0 Å². The second-order valence-electron chi connectivity index (χ2n) is 5.23. The molecule has 0 bridgehead atoms. The number of hydrogen-bond donors (Lipinski definition) is 1. The van der Waals surface area contributed by atoms with Gasteiger partial charge in [-0.3, -0.25) is 4.79 Å². The summed E-state index contributed by atoms with van der Waals surface area (Å²) in [5.41, 5.74) is 5.79. The molecule has 5 heteroatoms. The Morgan fingerprint density at radius 3 is 2.72 bits per heavy atom. The zero-order valence-corrected chi connectivity index (χ0v) is 12.1. The predicted octanol–water partition coefficient (Wildman–Crippen LogP) is 3.19. The van der Waals surface area contributed by atoms with Crippen LogP contribution in [0.25, 0.3) is 0 Å². The number of benzene rings is 1. The fourth-order valence-corrected chi connectivity index (χ4v) is 2.84. The van der Waals surface area contributed by atoms with E-state index >= 15 is 0 Å². The van der Waals surface area contributed by atoms with Crippen molar-refractivity contribution in [3.05, 3.63) is 28.0 Å². The van der Waals surface area contributed by atoms with E-state index in [0.29, 0.717) is 10.0 Å². The molecule has 18 heavy (non-hydrogen) atoms. The van der Waals surface area contributed by atoms with Crippen molar-refractivity contribution in [2.75, 3.05) is 12.3 Å². The molecule has 2 N–H and O–H groups in total. The Bertz CT molecular complexity index is 502. The van der Waals surface area contributed by atoms with Crippen LogP contribution in [0.2, 0.25) is 0 Å². The van der Waals surface area contributed by atoms with Gasteiger partial charge in [-0.15, -0.1) is 0 Å². The van der Waals surface area contributed by atoms with Crippen LogP contribution in [0.5, 0.6) is 0 Å². The molecular weight excluding hydrogens is 299 g/mol. The summed E-state index contributed by atoms with van der Waals surface area (Å²) < 4.78 is 13.7. The molecule has 0 atom stereocenters. The third-order valence-electron chi connectivity index (χ3n) is 3.46. The van der Waals surface area contributed by atoms with Crippen LogP contribution >= 0.6 is 15.9 Å². The summed E-state index contributed by atoms with van der Waals surface area (Å²) in [4.78, 5) is 14.3. The Balaban J connectivity index is 2.38. The van der Waals surface area contributed by atoms with Gasteiger partial charge in [-0.1, -0.05) is 0 Å². The molecule has 1 saturated heterocycles. The Kier molecular flexibility index (Phi) is 3.36. The first-order valence-corrected chi connectivity index (χ1v) is 6.69.